The number of aliphatic hydroxyl groups excluding tert-OH is 1. The van der Waals surface area contributed by atoms with E-state index in [1.165, 1.54) is 4.88 Å². The van der Waals surface area contributed by atoms with Gasteiger partial charge in [0.05, 0.1) is 12.7 Å². The van der Waals surface area contributed by atoms with Crippen molar-refractivity contribution in [3.63, 3.8) is 0 Å². The molecule has 0 fully saturated rings. The van der Waals surface area contributed by atoms with Crippen LogP contribution in [0.4, 0.5) is 0 Å². The molecule has 1 heterocycles. The lowest BCUT2D eigenvalue weighted by Gasteiger charge is -2.19. The normalized spacial score (nSPS) is 14.5. The largest absolute Gasteiger partial charge is 0.389 e. The first-order chi connectivity index (χ1) is 9.27. The molecule has 0 aliphatic heterocycles. The molecule has 0 amide bonds. The SMILES string of the molecule is CCCCOCC(O)CNC(CCC)c1cccs1. The van der Waals surface area contributed by atoms with Gasteiger partial charge >= 0.3 is 0 Å². The quantitative estimate of drug-likeness (QED) is 0.613. The molecule has 1 aromatic heterocycles. The van der Waals surface area contributed by atoms with Crippen LogP contribution in [-0.2, 0) is 4.74 Å². The lowest BCUT2D eigenvalue weighted by Crippen LogP contribution is -2.33. The molecule has 1 rings (SSSR count). The zero-order chi connectivity index (χ0) is 13.9. The van der Waals surface area contributed by atoms with E-state index in [1.807, 2.05) is 0 Å². The summed E-state index contributed by atoms with van der Waals surface area (Å²) in [6, 6.07) is 4.59. The van der Waals surface area contributed by atoms with Crippen LogP contribution in [-0.4, -0.2) is 31.0 Å². The van der Waals surface area contributed by atoms with Crippen molar-refractivity contribution in [1.29, 1.82) is 0 Å². The van der Waals surface area contributed by atoms with E-state index in [1.54, 1.807) is 11.3 Å². The highest BCUT2D eigenvalue weighted by Gasteiger charge is 2.13. The highest BCUT2D eigenvalue weighted by molar-refractivity contribution is 7.10. The summed E-state index contributed by atoms with van der Waals surface area (Å²) in [6.07, 6.45) is 4.01. The summed E-state index contributed by atoms with van der Waals surface area (Å²) in [7, 11) is 0. The van der Waals surface area contributed by atoms with Gasteiger partial charge in [0, 0.05) is 24.1 Å². The van der Waals surface area contributed by atoms with Crippen LogP contribution in [0.15, 0.2) is 17.5 Å². The van der Waals surface area contributed by atoms with Crippen LogP contribution >= 0.6 is 11.3 Å². The third-order valence-electron chi connectivity index (χ3n) is 3.02. The highest BCUT2D eigenvalue weighted by Crippen LogP contribution is 2.22. The summed E-state index contributed by atoms with van der Waals surface area (Å²) < 4.78 is 5.43. The number of ether oxygens (including phenoxy) is 1. The van der Waals surface area contributed by atoms with Crippen molar-refractivity contribution in [2.24, 2.45) is 0 Å². The van der Waals surface area contributed by atoms with E-state index >= 15 is 0 Å². The fourth-order valence-electron chi connectivity index (χ4n) is 1.93. The second-order valence-electron chi connectivity index (χ2n) is 4.85. The Morgan fingerprint density at radius 2 is 2.21 bits per heavy atom. The van der Waals surface area contributed by atoms with Crippen molar-refractivity contribution in [2.75, 3.05) is 19.8 Å². The van der Waals surface area contributed by atoms with Gasteiger partial charge in [-0.2, -0.15) is 0 Å². The molecule has 2 unspecified atom stereocenters. The summed E-state index contributed by atoms with van der Waals surface area (Å²) in [5.74, 6) is 0. The molecule has 0 saturated heterocycles. The Balaban J connectivity index is 2.23. The van der Waals surface area contributed by atoms with Gasteiger partial charge < -0.3 is 15.2 Å². The van der Waals surface area contributed by atoms with Gasteiger partial charge in [-0.3, -0.25) is 0 Å². The Morgan fingerprint density at radius 1 is 1.37 bits per heavy atom. The van der Waals surface area contributed by atoms with Gasteiger partial charge in [0.15, 0.2) is 0 Å². The Morgan fingerprint density at radius 3 is 2.84 bits per heavy atom. The molecule has 2 N–H and O–H groups in total. The van der Waals surface area contributed by atoms with Crippen molar-refractivity contribution in [3.8, 4) is 0 Å². The van der Waals surface area contributed by atoms with Crippen molar-refractivity contribution in [2.45, 2.75) is 51.7 Å². The molecule has 4 heteroatoms. The highest BCUT2D eigenvalue weighted by atomic mass is 32.1. The molecular weight excluding hydrogens is 258 g/mol. The molecule has 0 radical (unpaired) electrons. The second kappa shape index (κ2) is 10.4. The van der Waals surface area contributed by atoms with Crippen molar-refractivity contribution in [1.82, 2.24) is 5.32 Å². The van der Waals surface area contributed by atoms with E-state index in [0.29, 0.717) is 19.2 Å². The molecule has 0 spiro atoms. The van der Waals surface area contributed by atoms with Crippen LogP contribution in [0.3, 0.4) is 0 Å². The molecule has 1 aromatic rings. The van der Waals surface area contributed by atoms with Gasteiger partial charge in [-0.15, -0.1) is 11.3 Å². The fraction of sp³-hybridized carbons (Fsp3) is 0.733. The van der Waals surface area contributed by atoms with Crippen LogP contribution in [0, 0.1) is 0 Å². The third kappa shape index (κ3) is 7.06. The number of hydrogen-bond acceptors (Lipinski definition) is 4. The second-order valence-corrected chi connectivity index (χ2v) is 5.83. The first-order valence-corrected chi connectivity index (χ1v) is 8.18. The summed E-state index contributed by atoms with van der Waals surface area (Å²) in [6.45, 7) is 6.09. The van der Waals surface area contributed by atoms with E-state index in [2.05, 4.69) is 36.7 Å². The first kappa shape index (κ1) is 16.6. The van der Waals surface area contributed by atoms with Crippen LogP contribution in [0.1, 0.15) is 50.4 Å². The predicted molar refractivity (Wildman–Crippen MR) is 81.7 cm³/mol. The molecule has 110 valence electrons. The number of rotatable bonds is 11. The van der Waals surface area contributed by atoms with E-state index in [9.17, 15) is 5.11 Å². The van der Waals surface area contributed by atoms with Crippen LogP contribution < -0.4 is 5.32 Å². The zero-order valence-electron chi connectivity index (χ0n) is 12.1. The number of hydrogen-bond donors (Lipinski definition) is 2. The monoisotopic (exact) mass is 285 g/mol. The maximum Gasteiger partial charge on any atom is 0.0897 e. The molecule has 0 aliphatic carbocycles. The number of thiophene rings is 1. The van der Waals surface area contributed by atoms with Crippen LogP contribution in [0.5, 0.6) is 0 Å². The fourth-order valence-corrected chi connectivity index (χ4v) is 2.76. The maximum absolute atomic E-state index is 9.88. The number of unbranched alkanes of at least 4 members (excludes halogenated alkanes) is 1. The summed E-state index contributed by atoms with van der Waals surface area (Å²) in [5.41, 5.74) is 0. The third-order valence-corrected chi connectivity index (χ3v) is 4.00. The van der Waals surface area contributed by atoms with Crippen molar-refractivity contribution in [3.05, 3.63) is 22.4 Å². The van der Waals surface area contributed by atoms with Crippen molar-refractivity contribution < 1.29 is 9.84 Å². The van der Waals surface area contributed by atoms with Crippen molar-refractivity contribution >= 4 is 11.3 Å². The smallest absolute Gasteiger partial charge is 0.0897 e. The number of nitrogens with one attached hydrogen (secondary N) is 1. The first-order valence-electron chi connectivity index (χ1n) is 7.30. The van der Waals surface area contributed by atoms with E-state index in [4.69, 9.17) is 4.74 Å². The molecule has 0 bridgehead atoms. The zero-order valence-corrected chi connectivity index (χ0v) is 12.9. The average molecular weight is 285 g/mol. The minimum Gasteiger partial charge on any atom is -0.389 e. The Hall–Kier alpha value is -0.420. The summed E-state index contributed by atoms with van der Waals surface area (Å²) in [5, 5.41) is 15.4. The lowest BCUT2D eigenvalue weighted by molar-refractivity contribution is 0.0344. The molecule has 3 nitrogen and oxygen atoms in total. The minimum atomic E-state index is -0.420. The molecular formula is C15H27NO2S. The lowest BCUT2D eigenvalue weighted by atomic mass is 10.1. The van der Waals surface area contributed by atoms with Gasteiger partial charge in [0.2, 0.25) is 0 Å². The Labute approximate surface area is 121 Å². The predicted octanol–water partition coefficient (Wildman–Crippen LogP) is 3.36. The van der Waals surface area contributed by atoms with Crippen LogP contribution in [0.2, 0.25) is 0 Å². The van der Waals surface area contributed by atoms with Gasteiger partial charge in [0.25, 0.3) is 0 Å². The van der Waals surface area contributed by atoms with E-state index in [-0.39, 0.29) is 0 Å². The van der Waals surface area contributed by atoms with Gasteiger partial charge in [0.1, 0.15) is 0 Å². The van der Waals surface area contributed by atoms with Crippen LogP contribution in [0.25, 0.3) is 0 Å². The van der Waals surface area contributed by atoms with Gasteiger partial charge in [-0.25, -0.2) is 0 Å². The standard InChI is InChI=1S/C15H27NO2S/c1-3-5-9-18-12-13(17)11-16-14(7-4-2)15-8-6-10-19-15/h6,8,10,13-14,16-17H,3-5,7,9,11-12H2,1-2H3. The van der Waals surface area contributed by atoms with E-state index in [0.717, 1.165) is 32.3 Å². The number of aliphatic hydroxyl groups is 1. The Bertz CT molecular complexity index is 303. The van der Waals surface area contributed by atoms with Gasteiger partial charge in [-0.05, 0) is 24.3 Å². The molecule has 19 heavy (non-hydrogen) atoms. The molecule has 0 aromatic carbocycles. The molecule has 0 aliphatic rings. The summed E-state index contributed by atoms with van der Waals surface area (Å²) >= 11 is 1.77. The van der Waals surface area contributed by atoms with Gasteiger partial charge in [-0.1, -0.05) is 32.8 Å². The maximum atomic E-state index is 9.88. The topological polar surface area (TPSA) is 41.5 Å². The van der Waals surface area contributed by atoms with E-state index < -0.39 is 6.10 Å². The molecule has 2 atom stereocenters. The average Bonchev–Trinajstić information content (AvgIpc) is 2.93. The minimum absolute atomic E-state index is 0.357. The summed E-state index contributed by atoms with van der Waals surface area (Å²) in [4.78, 5) is 1.35. The molecule has 0 saturated carbocycles. The Kier molecular flexibility index (Phi) is 9.08.